The SMILES string of the molecule is CC12CCC3C4CCC(O)(C(F)F)CC4CCC3C1CCC2C(=O)Cn1nnc2cnccc21. The van der Waals surface area contributed by atoms with Crippen molar-refractivity contribution in [3.8, 4) is 0 Å². The number of Topliss-reactive ketones (excluding diaryl/α,β-unsaturated/α-hetero) is 1. The molecule has 0 radical (unpaired) electrons. The van der Waals surface area contributed by atoms with Gasteiger partial charge in [-0.15, -0.1) is 5.10 Å². The molecule has 184 valence electrons. The monoisotopic (exact) mass is 472 g/mol. The summed E-state index contributed by atoms with van der Waals surface area (Å²) in [6.45, 7) is 2.58. The molecule has 1 N–H and O–H groups in total. The molecule has 0 spiro atoms. The summed E-state index contributed by atoms with van der Waals surface area (Å²) in [6.07, 6.45) is 8.00. The molecular weight excluding hydrogens is 438 g/mol. The Morgan fingerprint density at radius 1 is 1.15 bits per heavy atom. The van der Waals surface area contributed by atoms with Crippen molar-refractivity contribution in [1.29, 1.82) is 0 Å². The molecule has 34 heavy (non-hydrogen) atoms. The first-order valence-electron chi connectivity index (χ1n) is 13.0. The zero-order valence-corrected chi connectivity index (χ0v) is 19.7. The summed E-state index contributed by atoms with van der Waals surface area (Å²) in [6, 6.07) is 1.85. The van der Waals surface area contributed by atoms with Crippen molar-refractivity contribution >= 4 is 16.8 Å². The number of hydrogen-bond donors (Lipinski definition) is 1. The third kappa shape index (κ3) is 3.34. The van der Waals surface area contributed by atoms with E-state index in [1.165, 1.54) is 0 Å². The summed E-state index contributed by atoms with van der Waals surface area (Å²) in [5, 5.41) is 18.8. The maximum atomic E-state index is 13.5. The minimum atomic E-state index is -2.65. The van der Waals surface area contributed by atoms with Gasteiger partial charge in [-0.05, 0) is 98.9 Å². The molecular formula is C26H34F2N4O2. The highest BCUT2D eigenvalue weighted by molar-refractivity contribution is 5.84. The Kier molecular flexibility index (Phi) is 5.32. The van der Waals surface area contributed by atoms with Gasteiger partial charge in [0.2, 0.25) is 0 Å². The van der Waals surface area contributed by atoms with Crippen molar-refractivity contribution in [2.75, 3.05) is 0 Å². The quantitative estimate of drug-likeness (QED) is 0.700. The zero-order chi connectivity index (χ0) is 23.7. The number of rotatable bonds is 4. The van der Waals surface area contributed by atoms with Gasteiger partial charge in [0.1, 0.15) is 17.7 Å². The number of carbonyl (C=O) groups is 1. The molecule has 8 heteroatoms. The Morgan fingerprint density at radius 2 is 1.97 bits per heavy atom. The predicted molar refractivity (Wildman–Crippen MR) is 122 cm³/mol. The highest BCUT2D eigenvalue weighted by Crippen LogP contribution is 2.65. The lowest BCUT2D eigenvalue weighted by molar-refractivity contribution is -0.160. The Balaban J connectivity index is 1.18. The van der Waals surface area contributed by atoms with Crippen LogP contribution in [0.1, 0.15) is 64.7 Å². The highest BCUT2D eigenvalue weighted by Gasteiger charge is 2.59. The molecule has 2 aromatic heterocycles. The molecule has 8 atom stereocenters. The third-order valence-corrected chi connectivity index (χ3v) is 10.5. The first-order valence-corrected chi connectivity index (χ1v) is 13.0. The number of aliphatic hydroxyl groups is 1. The van der Waals surface area contributed by atoms with E-state index in [1.54, 1.807) is 17.1 Å². The van der Waals surface area contributed by atoms with Crippen molar-refractivity contribution in [2.24, 2.45) is 40.9 Å². The molecule has 4 aliphatic rings. The summed E-state index contributed by atoms with van der Waals surface area (Å²) < 4.78 is 28.6. The molecule has 4 aliphatic carbocycles. The molecule has 8 unspecified atom stereocenters. The van der Waals surface area contributed by atoms with Gasteiger partial charge in [0.05, 0.1) is 11.7 Å². The van der Waals surface area contributed by atoms with Crippen LogP contribution in [0, 0.1) is 40.9 Å². The normalized spacial score (nSPS) is 41.8. The second kappa shape index (κ2) is 8.04. The van der Waals surface area contributed by atoms with Crippen LogP contribution in [-0.2, 0) is 11.3 Å². The van der Waals surface area contributed by atoms with Crippen LogP contribution in [-0.4, -0.2) is 42.9 Å². The fraction of sp³-hybridized carbons (Fsp3) is 0.769. The van der Waals surface area contributed by atoms with Gasteiger partial charge < -0.3 is 5.11 Å². The average Bonchev–Trinajstić information content (AvgIpc) is 3.39. The second-order valence-electron chi connectivity index (χ2n) is 11.8. The number of aromatic nitrogens is 4. The first-order chi connectivity index (χ1) is 16.3. The van der Waals surface area contributed by atoms with Crippen LogP contribution < -0.4 is 0 Å². The number of nitrogens with zero attached hydrogens (tertiary/aromatic N) is 4. The Hall–Kier alpha value is -1.96. The van der Waals surface area contributed by atoms with Gasteiger partial charge in [0.15, 0.2) is 5.78 Å². The van der Waals surface area contributed by atoms with Crippen molar-refractivity contribution in [1.82, 2.24) is 20.0 Å². The van der Waals surface area contributed by atoms with Gasteiger partial charge in [-0.2, -0.15) is 0 Å². The Morgan fingerprint density at radius 3 is 2.79 bits per heavy atom. The van der Waals surface area contributed by atoms with Gasteiger partial charge in [-0.25, -0.2) is 13.5 Å². The molecule has 4 saturated carbocycles. The summed E-state index contributed by atoms with van der Waals surface area (Å²) in [5.74, 6) is 2.61. The summed E-state index contributed by atoms with van der Waals surface area (Å²) in [4.78, 5) is 17.6. The van der Waals surface area contributed by atoms with Crippen LogP contribution in [0.2, 0.25) is 0 Å². The lowest BCUT2D eigenvalue weighted by Crippen LogP contribution is -2.53. The van der Waals surface area contributed by atoms with Crippen LogP contribution in [0.3, 0.4) is 0 Å². The molecule has 0 amide bonds. The van der Waals surface area contributed by atoms with Crippen molar-refractivity contribution in [3.05, 3.63) is 18.5 Å². The van der Waals surface area contributed by atoms with Gasteiger partial charge in [0.25, 0.3) is 6.43 Å². The number of pyridine rings is 1. The molecule has 0 saturated heterocycles. The van der Waals surface area contributed by atoms with E-state index in [0.717, 1.165) is 44.0 Å². The smallest absolute Gasteiger partial charge is 0.266 e. The molecule has 0 aliphatic heterocycles. The van der Waals surface area contributed by atoms with Crippen LogP contribution in [0.15, 0.2) is 18.5 Å². The van der Waals surface area contributed by atoms with Gasteiger partial charge in [-0.1, -0.05) is 12.1 Å². The minimum absolute atomic E-state index is 0.00139. The van der Waals surface area contributed by atoms with Gasteiger partial charge in [-0.3, -0.25) is 9.78 Å². The molecule has 2 aromatic rings. The van der Waals surface area contributed by atoms with E-state index in [0.29, 0.717) is 35.6 Å². The fourth-order valence-electron chi connectivity index (χ4n) is 8.84. The number of fused-ring (bicyclic) bond motifs is 6. The fourth-order valence-corrected chi connectivity index (χ4v) is 8.84. The Bertz CT molecular complexity index is 1090. The molecule has 6 nitrogen and oxygen atoms in total. The third-order valence-electron chi connectivity index (χ3n) is 10.5. The number of hydrogen-bond acceptors (Lipinski definition) is 5. The van der Waals surface area contributed by atoms with E-state index < -0.39 is 12.0 Å². The van der Waals surface area contributed by atoms with Gasteiger partial charge >= 0.3 is 0 Å². The largest absolute Gasteiger partial charge is 0.384 e. The van der Waals surface area contributed by atoms with Crippen LogP contribution in [0.4, 0.5) is 8.78 Å². The van der Waals surface area contributed by atoms with E-state index in [1.807, 2.05) is 6.07 Å². The number of halogens is 2. The molecule has 0 aromatic carbocycles. The van der Waals surface area contributed by atoms with Crippen LogP contribution in [0.5, 0.6) is 0 Å². The maximum absolute atomic E-state index is 13.5. The molecule has 4 fully saturated rings. The minimum Gasteiger partial charge on any atom is -0.384 e. The van der Waals surface area contributed by atoms with E-state index in [4.69, 9.17) is 0 Å². The topological polar surface area (TPSA) is 80.9 Å². The first kappa shape index (κ1) is 22.5. The van der Waals surface area contributed by atoms with Crippen molar-refractivity contribution in [3.63, 3.8) is 0 Å². The predicted octanol–water partition coefficient (Wildman–Crippen LogP) is 4.66. The summed E-state index contributed by atoms with van der Waals surface area (Å²) in [7, 11) is 0. The molecule has 0 bridgehead atoms. The standard InChI is InChI=1S/C26H34F2N4O2/c1-25-9-6-17-16-7-10-26(34,24(27)28)12-15(16)2-3-18(17)19(25)4-5-20(25)23(33)14-32-22-8-11-29-13-21(22)30-31-32/h8,11,13,15-20,24,34H,2-7,9-10,12,14H2,1H3. The van der Waals surface area contributed by atoms with Crippen molar-refractivity contribution < 1.29 is 18.7 Å². The Labute approximate surface area is 198 Å². The van der Waals surface area contributed by atoms with Crippen LogP contribution >= 0.6 is 0 Å². The summed E-state index contributed by atoms with van der Waals surface area (Å²) in [5.41, 5.74) is -0.245. The number of alkyl halides is 2. The lowest BCUT2D eigenvalue weighted by Gasteiger charge is -2.57. The average molecular weight is 473 g/mol. The lowest BCUT2D eigenvalue weighted by atomic mass is 9.49. The van der Waals surface area contributed by atoms with E-state index in [2.05, 4.69) is 22.2 Å². The number of carbonyl (C=O) groups excluding carboxylic acids is 1. The molecule has 6 rings (SSSR count). The maximum Gasteiger partial charge on any atom is 0.266 e. The van der Waals surface area contributed by atoms with E-state index >= 15 is 0 Å². The summed E-state index contributed by atoms with van der Waals surface area (Å²) >= 11 is 0. The van der Waals surface area contributed by atoms with Gasteiger partial charge in [0, 0.05) is 12.1 Å². The highest BCUT2D eigenvalue weighted by atomic mass is 19.3. The van der Waals surface area contributed by atoms with Crippen LogP contribution in [0.25, 0.3) is 11.0 Å². The van der Waals surface area contributed by atoms with E-state index in [-0.39, 0.29) is 42.4 Å². The van der Waals surface area contributed by atoms with Crippen molar-refractivity contribution in [2.45, 2.75) is 83.3 Å². The number of ketones is 1. The second-order valence-corrected chi connectivity index (χ2v) is 11.8. The van der Waals surface area contributed by atoms with E-state index in [9.17, 15) is 18.7 Å². The molecule has 2 heterocycles. The zero-order valence-electron chi connectivity index (χ0n) is 19.7.